The second-order valence-electron chi connectivity index (χ2n) is 4.86. The number of halogens is 1. The van der Waals surface area contributed by atoms with Crippen LogP contribution in [0.3, 0.4) is 0 Å². The number of rotatable bonds is 4. The highest BCUT2D eigenvalue weighted by atomic mass is 19.1. The van der Waals surface area contributed by atoms with Crippen LogP contribution in [0.2, 0.25) is 0 Å². The molecule has 2 rings (SSSR count). The quantitative estimate of drug-likeness (QED) is 0.803. The average molecular weight is 288 g/mol. The zero-order valence-electron chi connectivity index (χ0n) is 12.3. The van der Waals surface area contributed by atoms with Crippen LogP contribution in [0.5, 0.6) is 5.75 Å². The zero-order valence-corrected chi connectivity index (χ0v) is 12.3. The first-order valence-corrected chi connectivity index (χ1v) is 6.58. The second kappa shape index (κ2) is 6.39. The highest BCUT2D eigenvalue weighted by molar-refractivity contribution is 5.89. The summed E-state index contributed by atoms with van der Waals surface area (Å²) in [6.07, 6.45) is 0. The fourth-order valence-corrected chi connectivity index (χ4v) is 2.05. The Morgan fingerprint density at radius 3 is 2.52 bits per heavy atom. The number of esters is 1. The largest absolute Gasteiger partial charge is 0.489 e. The molecular weight excluding hydrogens is 271 g/mol. The summed E-state index contributed by atoms with van der Waals surface area (Å²) in [5, 5.41) is 0. The molecule has 21 heavy (non-hydrogen) atoms. The predicted octanol–water partition coefficient (Wildman–Crippen LogP) is 3.81. The summed E-state index contributed by atoms with van der Waals surface area (Å²) >= 11 is 0. The van der Waals surface area contributed by atoms with Crippen molar-refractivity contribution in [2.75, 3.05) is 7.11 Å². The maximum atomic E-state index is 13.8. The van der Waals surface area contributed by atoms with Crippen LogP contribution in [-0.2, 0) is 11.3 Å². The first-order valence-electron chi connectivity index (χ1n) is 6.58. The zero-order chi connectivity index (χ0) is 15.4. The maximum Gasteiger partial charge on any atom is 0.340 e. The second-order valence-corrected chi connectivity index (χ2v) is 4.86. The molecule has 0 aromatic heterocycles. The average Bonchev–Trinajstić information content (AvgIpc) is 2.45. The summed E-state index contributed by atoms with van der Waals surface area (Å²) in [6.45, 7) is 4.21. The molecule has 0 fully saturated rings. The van der Waals surface area contributed by atoms with E-state index in [1.54, 1.807) is 6.07 Å². The van der Waals surface area contributed by atoms with Gasteiger partial charge < -0.3 is 9.47 Å². The summed E-state index contributed by atoms with van der Waals surface area (Å²) in [4.78, 5) is 11.3. The maximum absolute atomic E-state index is 13.8. The van der Waals surface area contributed by atoms with Crippen molar-refractivity contribution in [1.82, 2.24) is 0 Å². The van der Waals surface area contributed by atoms with Crippen LogP contribution in [0.4, 0.5) is 4.39 Å². The molecule has 2 aromatic carbocycles. The van der Waals surface area contributed by atoms with Crippen LogP contribution in [0.1, 0.15) is 27.0 Å². The van der Waals surface area contributed by atoms with Crippen molar-refractivity contribution in [3.05, 3.63) is 64.5 Å². The fraction of sp³-hybridized carbons (Fsp3) is 0.235. The van der Waals surface area contributed by atoms with Gasteiger partial charge in [-0.3, -0.25) is 0 Å². The van der Waals surface area contributed by atoms with Gasteiger partial charge in [0.25, 0.3) is 0 Å². The normalized spacial score (nSPS) is 10.3. The molecule has 110 valence electrons. The summed E-state index contributed by atoms with van der Waals surface area (Å²) < 4.78 is 24.0. The van der Waals surface area contributed by atoms with E-state index in [1.165, 1.54) is 19.2 Å². The molecule has 0 N–H and O–H groups in total. The highest BCUT2D eigenvalue weighted by Gasteiger charge is 2.12. The summed E-state index contributed by atoms with van der Waals surface area (Å²) in [5.41, 5.74) is 2.77. The van der Waals surface area contributed by atoms with Gasteiger partial charge in [0.2, 0.25) is 0 Å². The first-order chi connectivity index (χ1) is 10.0. The Balaban J connectivity index is 2.10. The molecule has 0 aliphatic heterocycles. The number of ether oxygens (including phenoxy) is 2. The van der Waals surface area contributed by atoms with Crippen molar-refractivity contribution in [2.24, 2.45) is 0 Å². The molecule has 0 atom stereocenters. The Bertz CT molecular complexity index is 665. The third-order valence-corrected chi connectivity index (χ3v) is 3.16. The molecule has 0 saturated carbocycles. The van der Waals surface area contributed by atoms with Crippen LogP contribution in [-0.4, -0.2) is 13.1 Å². The molecule has 4 heteroatoms. The first kappa shape index (κ1) is 15.0. The van der Waals surface area contributed by atoms with E-state index in [1.807, 2.05) is 32.0 Å². The minimum atomic E-state index is -0.686. The number of aryl methyl sites for hydroxylation is 2. The number of methoxy groups -OCH3 is 1. The van der Waals surface area contributed by atoms with Gasteiger partial charge in [-0.1, -0.05) is 23.8 Å². The molecule has 0 aliphatic rings. The molecule has 0 heterocycles. The van der Waals surface area contributed by atoms with Gasteiger partial charge in [-0.05, 0) is 43.2 Å². The van der Waals surface area contributed by atoms with Gasteiger partial charge in [-0.15, -0.1) is 0 Å². The van der Waals surface area contributed by atoms with Crippen LogP contribution >= 0.6 is 0 Å². The van der Waals surface area contributed by atoms with Gasteiger partial charge in [0.1, 0.15) is 18.2 Å². The molecule has 0 spiro atoms. The lowest BCUT2D eigenvalue weighted by Crippen LogP contribution is -2.06. The summed E-state index contributed by atoms with van der Waals surface area (Å²) in [5.74, 6) is -0.532. The highest BCUT2D eigenvalue weighted by Crippen LogP contribution is 2.20. The summed E-state index contributed by atoms with van der Waals surface area (Å²) in [6, 6.07) is 10.2. The van der Waals surface area contributed by atoms with E-state index >= 15 is 0 Å². The van der Waals surface area contributed by atoms with Crippen molar-refractivity contribution in [3.8, 4) is 5.75 Å². The van der Waals surface area contributed by atoms with E-state index in [2.05, 4.69) is 4.74 Å². The number of hydrogen-bond donors (Lipinski definition) is 0. The Morgan fingerprint density at radius 1 is 1.14 bits per heavy atom. The monoisotopic (exact) mass is 288 g/mol. The van der Waals surface area contributed by atoms with Gasteiger partial charge in [0, 0.05) is 0 Å². The smallest absolute Gasteiger partial charge is 0.340 e. The third kappa shape index (κ3) is 3.60. The topological polar surface area (TPSA) is 35.5 Å². The van der Waals surface area contributed by atoms with E-state index in [9.17, 15) is 9.18 Å². The Labute approximate surface area is 123 Å². The van der Waals surface area contributed by atoms with Gasteiger partial charge in [-0.25, -0.2) is 9.18 Å². The molecular formula is C17H17FO3. The Morgan fingerprint density at radius 2 is 1.90 bits per heavy atom. The predicted molar refractivity (Wildman–Crippen MR) is 78.0 cm³/mol. The van der Waals surface area contributed by atoms with Crippen molar-refractivity contribution in [2.45, 2.75) is 20.5 Å². The molecule has 3 nitrogen and oxygen atoms in total. The summed E-state index contributed by atoms with van der Waals surface area (Å²) in [7, 11) is 1.22. The Hall–Kier alpha value is -2.36. The van der Waals surface area contributed by atoms with Crippen LogP contribution in [0, 0.1) is 19.7 Å². The SMILES string of the molecule is COC(=O)c1ccc(COc2ccc(C)cc2C)cc1F. The van der Waals surface area contributed by atoms with Gasteiger partial charge in [-0.2, -0.15) is 0 Å². The molecule has 0 aliphatic carbocycles. The standard InChI is InChI=1S/C17H17FO3/c1-11-4-7-16(12(2)8-11)21-10-13-5-6-14(15(18)9-13)17(19)20-3/h4-9H,10H2,1-3H3. The van der Waals surface area contributed by atoms with Gasteiger partial charge in [0.05, 0.1) is 12.7 Å². The van der Waals surface area contributed by atoms with Crippen LogP contribution in [0.15, 0.2) is 36.4 Å². The lowest BCUT2D eigenvalue weighted by Gasteiger charge is -2.10. The fourth-order valence-electron chi connectivity index (χ4n) is 2.05. The van der Waals surface area contributed by atoms with Crippen molar-refractivity contribution in [3.63, 3.8) is 0 Å². The molecule has 0 radical (unpaired) electrons. The molecule has 0 unspecified atom stereocenters. The van der Waals surface area contributed by atoms with E-state index in [0.717, 1.165) is 16.9 Å². The van der Waals surface area contributed by atoms with Crippen LogP contribution < -0.4 is 4.74 Å². The van der Waals surface area contributed by atoms with E-state index in [4.69, 9.17) is 4.74 Å². The van der Waals surface area contributed by atoms with Gasteiger partial charge >= 0.3 is 5.97 Å². The third-order valence-electron chi connectivity index (χ3n) is 3.16. The van der Waals surface area contributed by atoms with Crippen molar-refractivity contribution < 1.29 is 18.7 Å². The molecule has 0 amide bonds. The van der Waals surface area contributed by atoms with E-state index < -0.39 is 11.8 Å². The Kier molecular flexibility index (Phi) is 4.58. The molecule has 2 aromatic rings. The number of carbonyl (C=O) groups excluding carboxylic acids is 1. The lowest BCUT2D eigenvalue weighted by molar-refractivity contribution is 0.0595. The van der Waals surface area contributed by atoms with E-state index in [-0.39, 0.29) is 12.2 Å². The number of carbonyl (C=O) groups is 1. The van der Waals surface area contributed by atoms with Gasteiger partial charge in [0.15, 0.2) is 0 Å². The minimum Gasteiger partial charge on any atom is -0.489 e. The lowest BCUT2D eigenvalue weighted by atomic mass is 10.1. The molecule has 0 bridgehead atoms. The van der Waals surface area contributed by atoms with E-state index in [0.29, 0.717) is 5.56 Å². The number of benzene rings is 2. The number of hydrogen-bond acceptors (Lipinski definition) is 3. The minimum absolute atomic E-state index is 0.0761. The van der Waals surface area contributed by atoms with Crippen molar-refractivity contribution in [1.29, 1.82) is 0 Å². The van der Waals surface area contributed by atoms with Crippen molar-refractivity contribution >= 4 is 5.97 Å². The van der Waals surface area contributed by atoms with Crippen LogP contribution in [0.25, 0.3) is 0 Å². The molecule has 0 saturated heterocycles.